The van der Waals surface area contributed by atoms with Gasteiger partial charge in [-0.2, -0.15) is 0 Å². The molecule has 1 rings (SSSR count). The fourth-order valence-electron chi connectivity index (χ4n) is 2.45. The molecule has 1 aromatic carbocycles. The summed E-state index contributed by atoms with van der Waals surface area (Å²) >= 11 is 0. The Bertz CT molecular complexity index is 457. The normalized spacial score (nSPS) is 12.5. The lowest BCUT2D eigenvalue weighted by Crippen LogP contribution is -2.25. The molecular weight excluding hydrogens is 266 g/mol. The van der Waals surface area contributed by atoms with Crippen LogP contribution in [0.5, 0.6) is 11.5 Å². The minimum absolute atomic E-state index is 0.150. The highest BCUT2D eigenvalue weighted by molar-refractivity contribution is 5.77. The van der Waals surface area contributed by atoms with Gasteiger partial charge in [-0.15, -0.1) is 0 Å². The minimum atomic E-state index is -0.300. The van der Waals surface area contributed by atoms with Crippen molar-refractivity contribution in [2.24, 2.45) is 17.6 Å². The number of unbranched alkanes of at least 4 members (excludes halogenated alkanes) is 2. The van der Waals surface area contributed by atoms with E-state index in [2.05, 4.69) is 13.8 Å². The highest BCUT2D eigenvalue weighted by Gasteiger charge is 2.16. The number of phenolic OH excluding ortho intramolecular Hbond substituents is 2. The third-order valence-corrected chi connectivity index (χ3v) is 3.76. The molecule has 1 atom stereocenters. The summed E-state index contributed by atoms with van der Waals surface area (Å²) in [7, 11) is 0. The molecule has 0 saturated carbocycles. The van der Waals surface area contributed by atoms with Gasteiger partial charge in [0.05, 0.1) is 0 Å². The zero-order valence-electron chi connectivity index (χ0n) is 13.0. The number of hydrogen-bond donors (Lipinski definition) is 3. The maximum Gasteiger partial charge on any atom is 0.220 e. The highest BCUT2D eigenvalue weighted by Crippen LogP contribution is 2.27. The van der Waals surface area contributed by atoms with Crippen LogP contribution in [-0.2, 0) is 11.2 Å². The highest BCUT2D eigenvalue weighted by atomic mass is 16.3. The molecule has 0 aliphatic heterocycles. The minimum Gasteiger partial charge on any atom is -0.504 e. The molecule has 0 aliphatic rings. The lowest BCUT2D eigenvalue weighted by Gasteiger charge is -2.14. The van der Waals surface area contributed by atoms with Gasteiger partial charge in [0.25, 0.3) is 0 Å². The van der Waals surface area contributed by atoms with Crippen molar-refractivity contribution in [3.05, 3.63) is 23.8 Å². The Hall–Kier alpha value is -1.71. The van der Waals surface area contributed by atoms with Gasteiger partial charge in [0.2, 0.25) is 5.91 Å². The molecular formula is C17H27NO3. The standard InChI is InChI=1S/C17H27NO3/c1-12(2)6-4-3-5-7-14(17(18)21)10-13-8-9-15(19)16(20)11-13/h8-9,11-12,14,19-20H,3-7,10H2,1-2H3,(H2,18,21). The monoisotopic (exact) mass is 293 g/mol. The van der Waals surface area contributed by atoms with Crippen molar-refractivity contribution >= 4 is 5.91 Å². The second-order valence-electron chi connectivity index (χ2n) is 6.16. The van der Waals surface area contributed by atoms with Crippen LogP contribution in [0.15, 0.2) is 18.2 Å². The molecule has 0 bridgehead atoms. The number of rotatable bonds is 9. The number of hydrogen-bond acceptors (Lipinski definition) is 3. The number of primary amides is 1. The molecule has 0 heterocycles. The van der Waals surface area contributed by atoms with Gasteiger partial charge < -0.3 is 15.9 Å². The maximum atomic E-state index is 11.5. The van der Waals surface area contributed by atoms with E-state index in [9.17, 15) is 15.0 Å². The predicted molar refractivity (Wildman–Crippen MR) is 84.1 cm³/mol. The van der Waals surface area contributed by atoms with Crippen molar-refractivity contribution in [1.29, 1.82) is 0 Å². The van der Waals surface area contributed by atoms with Crippen LogP contribution in [0.4, 0.5) is 0 Å². The van der Waals surface area contributed by atoms with Gasteiger partial charge in [0, 0.05) is 5.92 Å². The fraction of sp³-hybridized carbons (Fsp3) is 0.588. The van der Waals surface area contributed by atoms with Crippen molar-refractivity contribution in [1.82, 2.24) is 0 Å². The average molecular weight is 293 g/mol. The van der Waals surface area contributed by atoms with Gasteiger partial charge in [-0.25, -0.2) is 0 Å². The van der Waals surface area contributed by atoms with Crippen molar-refractivity contribution < 1.29 is 15.0 Å². The van der Waals surface area contributed by atoms with E-state index in [1.54, 1.807) is 6.07 Å². The van der Waals surface area contributed by atoms with Crippen LogP contribution in [0.1, 0.15) is 51.5 Å². The van der Waals surface area contributed by atoms with Crippen LogP contribution in [0.25, 0.3) is 0 Å². The molecule has 0 saturated heterocycles. The summed E-state index contributed by atoms with van der Waals surface area (Å²) in [5.41, 5.74) is 6.28. The van der Waals surface area contributed by atoms with E-state index in [0.717, 1.165) is 30.7 Å². The number of amides is 1. The first-order chi connectivity index (χ1) is 9.90. The van der Waals surface area contributed by atoms with Crippen molar-refractivity contribution in [3.8, 4) is 11.5 Å². The van der Waals surface area contributed by atoms with Crippen LogP contribution in [0.2, 0.25) is 0 Å². The number of carbonyl (C=O) groups excluding carboxylic acids is 1. The number of carbonyl (C=O) groups is 1. The first kappa shape index (κ1) is 17.3. The van der Waals surface area contributed by atoms with Gasteiger partial charge in [-0.05, 0) is 36.5 Å². The summed E-state index contributed by atoms with van der Waals surface area (Å²) in [4.78, 5) is 11.5. The van der Waals surface area contributed by atoms with E-state index in [1.165, 1.54) is 25.0 Å². The van der Waals surface area contributed by atoms with Gasteiger partial charge >= 0.3 is 0 Å². The Morgan fingerprint density at radius 3 is 2.33 bits per heavy atom. The Balaban J connectivity index is 2.46. The summed E-state index contributed by atoms with van der Waals surface area (Å²) in [5.74, 6) is -0.105. The molecule has 0 aliphatic carbocycles. The second kappa shape index (κ2) is 8.55. The van der Waals surface area contributed by atoms with Crippen molar-refractivity contribution in [2.45, 2.75) is 52.4 Å². The van der Waals surface area contributed by atoms with Crippen molar-refractivity contribution in [3.63, 3.8) is 0 Å². The van der Waals surface area contributed by atoms with Crippen LogP contribution in [-0.4, -0.2) is 16.1 Å². The molecule has 4 nitrogen and oxygen atoms in total. The van der Waals surface area contributed by atoms with Gasteiger partial charge in [-0.3, -0.25) is 4.79 Å². The first-order valence-electron chi connectivity index (χ1n) is 7.70. The van der Waals surface area contributed by atoms with E-state index >= 15 is 0 Å². The van der Waals surface area contributed by atoms with Crippen LogP contribution < -0.4 is 5.73 Å². The van der Waals surface area contributed by atoms with Crippen LogP contribution in [0, 0.1) is 11.8 Å². The maximum absolute atomic E-state index is 11.5. The first-order valence-corrected chi connectivity index (χ1v) is 7.70. The molecule has 1 unspecified atom stereocenters. The lowest BCUT2D eigenvalue weighted by molar-refractivity contribution is -0.122. The van der Waals surface area contributed by atoms with Crippen LogP contribution in [0.3, 0.4) is 0 Å². The van der Waals surface area contributed by atoms with Gasteiger partial charge in [0.15, 0.2) is 11.5 Å². The molecule has 4 N–H and O–H groups in total. The quantitative estimate of drug-likeness (QED) is 0.482. The Morgan fingerprint density at radius 1 is 1.10 bits per heavy atom. The molecule has 21 heavy (non-hydrogen) atoms. The molecule has 1 amide bonds. The Morgan fingerprint density at radius 2 is 1.76 bits per heavy atom. The number of benzene rings is 1. The van der Waals surface area contributed by atoms with E-state index < -0.39 is 0 Å². The fourth-order valence-corrected chi connectivity index (χ4v) is 2.45. The lowest BCUT2D eigenvalue weighted by atomic mass is 9.92. The molecule has 1 aromatic rings. The molecule has 0 radical (unpaired) electrons. The third kappa shape index (κ3) is 6.52. The van der Waals surface area contributed by atoms with E-state index in [4.69, 9.17) is 5.73 Å². The summed E-state index contributed by atoms with van der Waals surface area (Å²) in [5, 5.41) is 18.8. The molecule has 0 fully saturated rings. The SMILES string of the molecule is CC(C)CCCCCC(Cc1ccc(O)c(O)c1)C(N)=O. The predicted octanol–water partition coefficient (Wildman–Crippen LogP) is 3.35. The third-order valence-electron chi connectivity index (χ3n) is 3.76. The Kier molecular flexibility index (Phi) is 7.06. The van der Waals surface area contributed by atoms with Crippen molar-refractivity contribution in [2.75, 3.05) is 0 Å². The average Bonchev–Trinajstić information content (AvgIpc) is 2.40. The van der Waals surface area contributed by atoms with E-state index in [-0.39, 0.29) is 23.3 Å². The smallest absolute Gasteiger partial charge is 0.220 e. The molecule has 118 valence electrons. The number of aromatic hydroxyl groups is 2. The molecule has 0 spiro atoms. The van der Waals surface area contributed by atoms with Crippen LogP contribution >= 0.6 is 0 Å². The van der Waals surface area contributed by atoms with E-state index in [0.29, 0.717) is 6.42 Å². The Labute approximate surface area is 127 Å². The second-order valence-corrected chi connectivity index (χ2v) is 6.16. The largest absolute Gasteiger partial charge is 0.504 e. The van der Waals surface area contributed by atoms with E-state index in [1.807, 2.05) is 0 Å². The number of nitrogens with two attached hydrogens (primary N) is 1. The molecule has 4 heteroatoms. The summed E-state index contributed by atoms with van der Waals surface area (Å²) in [6, 6.07) is 4.64. The summed E-state index contributed by atoms with van der Waals surface area (Å²) in [6.07, 6.45) is 5.78. The topological polar surface area (TPSA) is 83.6 Å². The number of phenols is 2. The van der Waals surface area contributed by atoms with Gasteiger partial charge in [0.1, 0.15) is 0 Å². The van der Waals surface area contributed by atoms with Gasteiger partial charge in [-0.1, -0.05) is 45.6 Å². The summed E-state index contributed by atoms with van der Waals surface area (Å²) < 4.78 is 0. The summed E-state index contributed by atoms with van der Waals surface area (Å²) in [6.45, 7) is 4.42. The molecule has 0 aromatic heterocycles. The zero-order valence-corrected chi connectivity index (χ0v) is 13.0. The zero-order chi connectivity index (χ0) is 15.8.